The van der Waals surface area contributed by atoms with Crippen LogP contribution < -0.4 is 106 Å². The van der Waals surface area contributed by atoms with Crippen LogP contribution in [0, 0.1) is 19.7 Å². The Kier molecular flexibility index (Phi) is 46.3. The normalized spacial score (nSPS) is 11.3. The Balaban J connectivity index is 0.000000166. The number of hydrogen-bond acceptors (Lipinski definition) is 15. The zero-order chi connectivity index (χ0) is 106. The van der Waals surface area contributed by atoms with Gasteiger partial charge >= 0.3 is 0 Å². The molecule has 0 N–H and O–H groups in total. The van der Waals surface area contributed by atoms with Crippen LogP contribution in [-0.2, 0) is 62.2 Å². The van der Waals surface area contributed by atoms with E-state index in [4.69, 9.17) is 47.4 Å². The second-order valence-corrected chi connectivity index (χ2v) is 50.0. The maximum Gasteiger partial charge on any atom is 0.188 e. The van der Waals surface area contributed by atoms with Crippen molar-refractivity contribution in [3.8, 4) is 28.7 Å². The fourth-order valence-corrected chi connectivity index (χ4v) is 26.2. The molecule has 149 heavy (non-hydrogen) atoms. The SMILES string of the molecule is COCOc1c(Cc2ccccc2)cc(Cc2ccccc2)cc1Pc1ccc(F)cc1N(C)C.COCOc1c(Cc2ccccc2)cc(Cc2ccccc2)cc1Pc1ccccc1N(C)C.COCOc1c(Cc2ccccc2)cccc1Pc1c(C)cccc1N(C)C.COCOc1c(Pc2ccccc2N(C)C)cccc1[Si](C)(C)C.COCOc1ccc(Cc2ccccc2)cc1Pc1ccc(C)cc1N(C)C. The summed E-state index contributed by atoms with van der Waals surface area (Å²) in [5.41, 5.74) is 23.4. The third-order valence-corrected chi connectivity index (χ3v) is 33.4. The molecule has 16 rings (SSSR count). The van der Waals surface area contributed by atoms with Crippen molar-refractivity contribution >= 4 is 138 Å². The highest BCUT2D eigenvalue weighted by atomic mass is 31.1. The van der Waals surface area contributed by atoms with Gasteiger partial charge in [-0.05, 0) is 183 Å². The van der Waals surface area contributed by atoms with E-state index in [1.54, 1.807) is 41.6 Å². The van der Waals surface area contributed by atoms with Gasteiger partial charge in [0.05, 0.1) is 8.07 Å². The van der Waals surface area contributed by atoms with Gasteiger partial charge in [-0.3, -0.25) is 0 Å². The van der Waals surface area contributed by atoms with Gasteiger partial charge in [0.25, 0.3) is 0 Å². The summed E-state index contributed by atoms with van der Waals surface area (Å²) in [7, 11) is 29.8. The Morgan fingerprint density at radius 1 is 0.235 bits per heavy atom. The van der Waals surface area contributed by atoms with Crippen molar-refractivity contribution in [2.45, 2.75) is 72.0 Å². The van der Waals surface area contributed by atoms with Gasteiger partial charge in [-0.25, -0.2) is 4.39 Å². The maximum absolute atomic E-state index is 14.0. The summed E-state index contributed by atoms with van der Waals surface area (Å²) in [6.45, 7) is 12.5. The highest BCUT2D eigenvalue weighted by Gasteiger charge is 2.27. The van der Waals surface area contributed by atoms with Crippen LogP contribution in [0.3, 0.4) is 0 Å². The van der Waals surface area contributed by atoms with Gasteiger partial charge in [-0.15, -0.1) is 0 Å². The van der Waals surface area contributed by atoms with Gasteiger partial charge < -0.3 is 71.9 Å². The van der Waals surface area contributed by atoms with Crippen molar-refractivity contribution in [3.05, 3.63) is 448 Å². The third-order valence-electron chi connectivity index (χ3n) is 24.4. The molecule has 5 atom stereocenters. The minimum atomic E-state index is -1.50. The molecule has 0 aliphatic rings. The molecule has 0 aliphatic carbocycles. The quantitative estimate of drug-likeness (QED) is 0.0205. The standard InChI is InChI=1S/C30H31FNO2P.C30H32NO2P.2C24H28NO2P.C19H28NO2PSi/c1-32(2)27-20-26(31)14-15-28(27)35-29-19-24(16-22-10-6-4-7-11-22)18-25(30(29)34-21-33-3)17-23-12-8-5-9-13-23;1-31(2)27-16-10-11-17-28(27)34-29-21-25(18-23-12-6-4-7-13-23)20-26(30(29)33-22-32-3)19-24-14-8-5-9-15-24;1-18-10-8-14-21(25(2)3)24(18)28-22-15-9-13-20(23(22)27-17-26-4)16-19-11-6-5-7-12-19;1-18-10-13-23(21(14-18)25(2)3)28-24-16-20(11-12-22(24)27-17-26-4)15-19-8-6-5-7-9-19;1-20(2)15-10-7-8-11-16(15)23-17-12-9-13-18(24(4,5)6)19(17)22-14-21-3/h4-15,18-20,35H,16-17,21H2,1-3H3;4-17,20-21,34H,18-19,22H2,1-3H3;5-15,28H,16-17H2,1-4H3;5-14,16,28H,15,17H2,1-4H3;7-13,23H,14H2,1-6H3. The molecule has 0 saturated heterocycles. The third kappa shape index (κ3) is 35.6. The summed E-state index contributed by atoms with van der Waals surface area (Å²) in [6.07, 6.45) is 5.04. The molecule has 0 bridgehead atoms. The van der Waals surface area contributed by atoms with E-state index in [-0.39, 0.29) is 39.8 Å². The van der Waals surface area contributed by atoms with Crippen molar-refractivity contribution in [2.75, 3.05) is 164 Å². The number of anilines is 5. The van der Waals surface area contributed by atoms with Crippen LogP contribution in [0.1, 0.15) is 77.9 Å². The van der Waals surface area contributed by atoms with Crippen molar-refractivity contribution < 1.29 is 51.8 Å². The first kappa shape index (κ1) is 115. The molecule has 22 heteroatoms. The number of ether oxygens (including phenoxy) is 10. The van der Waals surface area contributed by atoms with E-state index in [2.05, 4.69) is 437 Å². The van der Waals surface area contributed by atoms with Crippen LogP contribution in [0.15, 0.2) is 364 Å². The molecule has 0 saturated carbocycles. The molecule has 0 aromatic heterocycles. The first-order chi connectivity index (χ1) is 72.2. The van der Waals surface area contributed by atoms with Crippen LogP contribution in [0.4, 0.5) is 32.8 Å². The fourth-order valence-electron chi connectivity index (χ4n) is 17.3. The molecule has 0 aliphatic heterocycles. The number of para-hydroxylation sites is 4. The summed E-state index contributed by atoms with van der Waals surface area (Å²) in [5.74, 6) is 4.40. The summed E-state index contributed by atoms with van der Waals surface area (Å²) in [4.78, 5) is 10.7. The lowest BCUT2D eigenvalue weighted by atomic mass is 9.98. The van der Waals surface area contributed by atoms with Gasteiger partial charge in [0.1, 0.15) is 34.6 Å². The molecule has 0 spiro atoms. The predicted molar refractivity (Wildman–Crippen MR) is 644 cm³/mol. The summed E-state index contributed by atoms with van der Waals surface area (Å²) < 4.78 is 70.5. The number of methoxy groups -OCH3 is 5. The zero-order valence-electron chi connectivity index (χ0n) is 90.1. The van der Waals surface area contributed by atoms with Crippen molar-refractivity contribution in [1.82, 2.24) is 0 Å². The Labute approximate surface area is 896 Å². The van der Waals surface area contributed by atoms with Gasteiger partial charge in [-0.2, -0.15) is 0 Å². The maximum atomic E-state index is 14.0. The monoisotopic (exact) mass is 2100 g/mol. The molecule has 16 aromatic rings. The van der Waals surface area contributed by atoms with Crippen LogP contribution in [0.25, 0.3) is 0 Å². The van der Waals surface area contributed by atoms with Gasteiger partial charge in [0.2, 0.25) is 0 Å². The van der Waals surface area contributed by atoms with E-state index in [9.17, 15) is 4.39 Å². The van der Waals surface area contributed by atoms with Crippen molar-refractivity contribution in [3.63, 3.8) is 0 Å². The molecule has 0 amide bonds. The van der Waals surface area contributed by atoms with E-state index in [1.807, 2.05) is 43.3 Å². The summed E-state index contributed by atoms with van der Waals surface area (Å²) in [5, 5.41) is 13.7. The molecule has 0 heterocycles. The number of aryl methyl sites for hydroxylation is 2. The highest BCUT2D eigenvalue weighted by molar-refractivity contribution is 7.57. The summed E-state index contributed by atoms with van der Waals surface area (Å²) >= 11 is 0. The van der Waals surface area contributed by atoms with E-state index in [1.165, 1.54) is 149 Å². The number of rotatable bonds is 43. The minimum absolute atomic E-state index is 0.168. The second-order valence-electron chi connectivity index (χ2n) is 38.3. The highest BCUT2D eigenvalue weighted by Crippen LogP contribution is 2.37. The zero-order valence-corrected chi connectivity index (χ0v) is 96.1. The van der Waals surface area contributed by atoms with Crippen molar-refractivity contribution in [1.29, 1.82) is 0 Å². The molecule has 15 nitrogen and oxygen atoms in total. The van der Waals surface area contributed by atoms with E-state index >= 15 is 0 Å². The molecule has 0 fully saturated rings. The molecule has 5 unspecified atom stereocenters. The first-order valence-corrected chi connectivity index (χ1v) is 58.6. The van der Waals surface area contributed by atoms with Crippen LogP contribution in [0.5, 0.6) is 28.7 Å². The molecule has 0 radical (unpaired) electrons. The Bertz CT molecular complexity index is 6810. The Hall–Kier alpha value is -12.4. The molecular formula is C127H147FN5O10P5Si. The van der Waals surface area contributed by atoms with Gasteiger partial charge in [-0.1, -0.05) is 360 Å². The van der Waals surface area contributed by atoms with Gasteiger partial charge in [0, 0.05) is 207 Å². The van der Waals surface area contributed by atoms with E-state index < -0.39 is 8.07 Å². The molecule has 16 aromatic carbocycles. The van der Waals surface area contributed by atoms with Crippen LogP contribution in [-0.4, -0.2) is 148 Å². The second kappa shape index (κ2) is 59.9. The lowest BCUT2D eigenvalue weighted by Gasteiger charge is -2.24. The Morgan fingerprint density at radius 3 is 0.987 bits per heavy atom. The van der Waals surface area contributed by atoms with Crippen molar-refractivity contribution in [2.24, 2.45) is 0 Å². The summed E-state index contributed by atoms with van der Waals surface area (Å²) in [6, 6.07) is 127. The minimum Gasteiger partial charge on any atom is -0.467 e. The van der Waals surface area contributed by atoms with Crippen LogP contribution >= 0.6 is 42.9 Å². The lowest BCUT2D eigenvalue weighted by molar-refractivity contribution is 0.0511. The molecule has 776 valence electrons. The Morgan fingerprint density at radius 2 is 0.557 bits per heavy atom. The smallest absolute Gasteiger partial charge is 0.188 e. The fraction of sp³-hybridized carbons (Fsp3) is 0.244. The van der Waals surface area contributed by atoms with Crippen LogP contribution in [0.2, 0.25) is 19.6 Å². The topological polar surface area (TPSA) is 109 Å². The van der Waals surface area contributed by atoms with E-state index in [0.717, 1.165) is 89.1 Å². The predicted octanol–water partition coefficient (Wildman–Crippen LogP) is 22.7. The number of hydrogen-bond donors (Lipinski definition) is 0. The average Bonchev–Trinajstić information content (AvgIpc) is 0.799. The molecular weight excluding hydrogens is 1960 g/mol. The average molecular weight is 2110 g/mol. The first-order valence-electron chi connectivity index (χ1n) is 50.1. The van der Waals surface area contributed by atoms with E-state index in [0.29, 0.717) is 42.9 Å². The number of nitrogens with zero attached hydrogens (tertiary/aromatic N) is 5. The number of benzene rings is 16. The number of halogens is 1. The van der Waals surface area contributed by atoms with Gasteiger partial charge in [0.15, 0.2) is 34.0 Å². The lowest BCUT2D eigenvalue weighted by Crippen LogP contribution is -2.40. The largest absolute Gasteiger partial charge is 0.467 e.